The Morgan fingerprint density at radius 2 is 1.89 bits per heavy atom. The summed E-state index contributed by atoms with van der Waals surface area (Å²) >= 11 is 0. The van der Waals surface area contributed by atoms with Gasteiger partial charge in [-0.05, 0) is 96.9 Å². The minimum atomic E-state index is -0.891. The molecule has 0 amide bonds. The molecule has 2 N–H and O–H groups in total. The molecule has 4 nitrogen and oxygen atoms in total. The quantitative estimate of drug-likeness (QED) is 0.534. The minimum absolute atomic E-state index is 0.0431. The number of allylic oxidation sites excluding steroid dienone is 1. The fourth-order valence-electron chi connectivity index (χ4n) is 8.66. The fourth-order valence-corrected chi connectivity index (χ4v) is 8.66. The molecule has 2 aromatic rings. The molecule has 0 bridgehead atoms. The van der Waals surface area contributed by atoms with Gasteiger partial charge >= 0.3 is 0 Å². The lowest BCUT2D eigenvalue weighted by Crippen LogP contribution is -2.54. The molecule has 6 rings (SSSR count). The second kappa shape index (κ2) is 9.08. The number of pyridine rings is 1. The maximum absolute atomic E-state index is 12.3. The first-order valence-corrected chi connectivity index (χ1v) is 13.7. The number of ketones is 1. The third-order valence-corrected chi connectivity index (χ3v) is 10.4. The van der Waals surface area contributed by atoms with Crippen LogP contribution in [-0.2, 0) is 4.79 Å². The van der Waals surface area contributed by atoms with Crippen LogP contribution in [0.5, 0.6) is 0 Å². The predicted octanol–water partition coefficient (Wildman–Crippen LogP) is 5.86. The Hall–Kier alpha value is -2.56. The zero-order valence-corrected chi connectivity index (χ0v) is 21.1. The van der Waals surface area contributed by atoms with Crippen molar-refractivity contribution in [2.45, 2.75) is 63.4 Å². The van der Waals surface area contributed by atoms with Gasteiger partial charge in [-0.15, -0.1) is 0 Å². The van der Waals surface area contributed by atoms with Crippen LogP contribution < -0.4 is 0 Å². The molecular weight excluding hydrogens is 446 g/mol. The van der Waals surface area contributed by atoms with E-state index in [0.717, 1.165) is 44.1 Å². The van der Waals surface area contributed by atoms with E-state index in [4.69, 9.17) is 0 Å². The van der Waals surface area contributed by atoms with Gasteiger partial charge < -0.3 is 10.2 Å². The molecule has 4 heteroatoms. The van der Waals surface area contributed by atoms with Crippen LogP contribution in [0.2, 0.25) is 0 Å². The van der Waals surface area contributed by atoms with Gasteiger partial charge in [-0.1, -0.05) is 55.0 Å². The van der Waals surface area contributed by atoms with Crippen LogP contribution in [0.3, 0.4) is 0 Å². The second-order valence-corrected chi connectivity index (χ2v) is 11.9. The number of hydrogen-bond donors (Lipinski definition) is 2. The first-order chi connectivity index (χ1) is 17.4. The molecule has 36 heavy (non-hydrogen) atoms. The topological polar surface area (TPSA) is 70.4 Å². The van der Waals surface area contributed by atoms with Crippen LogP contribution >= 0.6 is 0 Å². The molecule has 1 heterocycles. The highest BCUT2D eigenvalue weighted by Gasteiger charge is 2.63. The van der Waals surface area contributed by atoms with E-state index < -0.39 is 5.60 Å². The van der Waals surface area contributed by atoms with E-state index >= 15 is 0 Å². The molecule has 1 aromatic heterocycles. The summed E-state index contributed by atoms with van der Waals surface area (Å²) in [5, 5.41) is 21.4. The van der Waals surface area contributed by atoms with Crippen LogP contribution in [-0.4, -0.2) is 33.2 Å². The normalized spacial score (nSPS) is 37.8. The van der Waals surface area contributed by atoms with Crippen LogP contribution in [0, 0.1) is 29.1 Å². The molecule has 4 aliphatic rings. The molecule has 188 valence electrons. The molecule has 0 unspecified atom stereocenters. The van der Waals surface area contributed by atoms with Gasteiger partial charge in [0.1, 0.15) is 0 Å². The second-order valence-electron chi connectivity index (χ2n) is 11.9. The van der Waals surface area contributed by atoms with Crippen molar-refractivity contribution in [3.63, 3.8) is 0 Å². The van der Waals surface area contributed by atoms with Crippen molar-refractivity contribution in [3.8, 4) is 11.1 Å². The first kappa shape index (κ1) is 23.8. The summed E-state index contributed by atoms with van der Waals surface area (Å²) in [6.07, 6.45) is 15.7. The van der Waals surface area contributed by atoms with E-state index in [2.05, 4.69) is 42.2 Å². The minimum Gasteiger partial charge on any atom is -0.392 e. The number of rotatable bonds is 4. The van der Waals surface area contributed by atoms with Crippen molar-refractivity contribution >= 4 is 5.78 Å². The number of carbonyl (C=O) groups excluding carboxylic acids is 1. The average Bonchev–Trinajstić information content (AvgIpc) is 3.17. The predicted molar refractivity (Wildman–Crippen MR) is 141 cm³/mol. The number of aromatic nitrogens is 1. The van der Waals surface area contributed by atoms with Gasteiger partial charge in [-0.2, -0.15) is 0 Å². The van der Waals surface area contributed by atoms with Crippen molar-refractivity contribution in [2.75, 3.05) is 6.61 Å². The van der Waals surface area contributed by atoms with Crippen LogP contribution in [0.4, 0.5) is 0 Å². The summed E-state index contributed by atoms with van der Waals surface area (Å²) in [6, 6.07) is 13.1. The molecule has 4 aliphatic carbocycles. The highest BCUT2D eigenvalue weighted by Crippen LogP contribution is 2.68. The molecule has 1 aromatic carbocycles. The van der Waals surface area contributed by atoms with Gasteiger partial charge in [0.25, 0.3) is 0 Å². The summed E-state index contributed by atoms with van der Waals surface area (Å²) in [5.41, 5.74) is 3.87. The molecule has 0 saturated heterocycles. The van der Waals surface area contributed by atoms with E-state index in [1.165, 1.54) is 16.7 Å². The molecule has 3 saturated carbocycles. The zero-order valence-electron chi connectivity index (χ0n) is 21.1. The van der Waals surface area contributed by atoms with Gasteiger partial charge in [0, 0.05) is 24.2 Å². The Kier molecular flexibility index (Phi) is 6.00. The van der Waals surface area contributed by atoms with Gasteiger partial charge in [0.15, 0.2) is 5.78 Å². The molecule has 0 radical (unpaired) electrons. The highest BCUT2D eigenvalue weighted by atomic mass is 16.3. The Morgan fingerprint density at radius 1 is 1.06 bits per heavy atom. The maximum atomic E-state index is 12.3. The molecular formula is C32H37NO3. The number of hydrogen-bond acceptors (Lipinski definition) is 4. The Labute approximate surface area is 214 Å². The smallest absolute Gasteiger partial charge is 0.155 e. The van der Waals surface area contributed by atoms with Crippen molar-refractivity contribution < 1.29 is 15.0 Å². The van der Waals surface area contributed by atoms with Gasteiger partial charge in [0.2, 0.25) is 0 Å². The van der Waals surface area contributed by atoms with E-state index in [9.17, 15) is 15.0 Å². The van der Waals surface area contributed by atoms with Gasteiger partial charge in [0.05, 0.1) is 12.2 Å². The van der Waals surface area contributed by atoms with Crippen molar-refractivity contribution in [1.29, 1.82) is 0 Å². The number of fused-ring (bicyclic) bond motifs is 5. The Morgan fingerprint density at radius 3 is 2.64 bits per heavy atom. The van der Waals surface area contributed by atoms with Gasteiger partial charge in [-0.3, -0.25) is 9.78 Å². The van der Waals surface area contributed by atoms with Crippen molar-refractivity contribution in [2.24, 2.45) is 29.1 Å². The van der Waals surface area contributed by atoms with E-state index in [1.807, 2.05) is 24.4 Å². The van der Waals surface area contributed by atoms with Crippen LogP contribution in [0.15, 0.2) is 72.6 Å². The maximum Gasteiger partial charge on any atom is 0.155 e. The summed E-state index contributed by atoms with van der Waals surface area (Å²) in [6.45, 7) is 2.26. The Balaban J connectivity index is 1.42. The average molecular weight is 484 g/mol. The van der Waals surface area contributed by atoms with Crippen molar-refractivity contribution in [1.82, 2.24) is 4.98 Å². The fraction of sp³-hybridized carbons (Fsp3) is 0.500. The van der Waals surface area contributed by atoms with Crippen molar-refractivity contribution in [3.05, 3.63) is 78.2 Å². The molecule has 7 atom stereocenters. The number of aliphatic hydroxyl groups is 2. The monoisotopic (exact) mass is 483 g/mol. The third kappa shape index (κ3) is 3.72. The van der Waals surface area contributed by atoms with E-state index in [0.29, 0.717) is 41.8 Å². The molecule has 0 aliphatic heterocycles. The van der Waals surface area contributed by atoms with E-state index in [1.54, 1.807) is 12.3 Å². The first-order valence-electron chi connectivity index (χ1n) is 13.7. The number of nitrogens with zero attached hydrogens (tertiary/aromatic N) is 1. The molecule has 0 spiro atoms. The molecule has 3 fully saturated rings. The Bertz CT molecular complexity index is 1190. The summed E-state index contributed by atoms with van der Waals surface area (Å²) in [7, 11) is 0. The standard InChI is InChI=1S/C32H37NO3/c1-31-19-28(22-7-5-21(6-8-22)24-4-2-16-33-20-24)30-26-12-10-25(35)18-23(26)9-11-27(30)29(31)13-15-32(31,36)14-3-17-34/h2-8,14,16,18,20,26-30,34,36H,9-13,15,17,19H2,1H3/b14-3-/t26-,27-,28+,29-,30+,31-,32-/m0/s1. The summed E-state index contributed by atoms with van der Waals surface area (Å²) < 4.78 is 0. The highest BCUT2D eigenvalue weighted by molar-refractivity contribution is 5.91. The van der Waals surface area contributed by atoms with E-state index in [-0.39, 0.29) is 12.0 Å². The lowest BCUT2D eigenvalue weighted by Gasteiger charge is -2.58. The SMILES string of the molecule is C[C@]12C[C@H](c3ccc(-c4cccnc4)cc3)[C@H]3[C@@H](CCC4=CC(=O)CC[C@@H]43)[C@@H]1CC[C@@]2(O)/C=C\CO. The summed E-state index contributed by atoms with van der Waals surface area (Å²) in [4.78, 5) is 16.6. The summed E-state index contributed by atoms with van der Waals surface area (Å²) in [5.74, 6) is 2.59. The number of carbonyl (C=O) groups is 1. The number of aliphatic hydroxyl groups excluding tert-OH is 1. The lowest BCUT2D eigenvalue weighted by atomic mass is 9.46. The lowest BCUT2D eigenvalue weighted by molar-refractivity contribution is -0.117. The third-order valence-electron chi connectivity index (χ3n) is 10.4. The largest absolute Gasteiger partial charge is 0.392 e. The van der Waals surface area contributed by atoms with Gasteiger partial charge in [-0.25, -0.2) is 0 Å². The van der Waals surface area contributed by atoms with Crippen LogP contribution in [0.25, 0.3) is 11.1 Å². The number of benzene rings is 1. The van der Waals surface area contributed by atoms with Crippen LogP contribution in [0.1, 0.15) is 63.4 Å². The zero-order chi connectivity index (χ0) is 24.9.